The van der Waals surface area contributed by atoms with Gasteiger partial charge in [-0.25, -0.2) is 4.79 Å². The SMILES string of the molecule is CC(OC(CO)(NCc1ccccc1)C(=O)O)c1ccccc1. The number of carboxylic acid groups (broad SMARTS) is 1. The van der Waals surface area contributed by atoms with E-state index in [1.807, 2.05) is 60.7 Å². The first-order valence-corrected chi connectivity index (χ1v) is 7.43. The van der Waals surface area contributed by atoms with Gasteiger partial charge in [0.1, 0.15) is 0 Å². The lowest BCUT2D eigenvalue weighted by molar-refractivity contribution is -0.189. The number of nitrogens with one attached hydrogen (secondary N) is 1. The summed E-state index contributed by atoms with van der Waals surface area (Å²) in [5, 5.41) is 22.0. The van der Waals surface area contributed by atoms with Crippen LogP contribution in [0.4, 0.5) is 0 Å². The molecule has 0 heterocycles. The minimum absolute atomic E-state index is 0.273. The number of ether oxygens (including phenoxy) is 1. The minimum atomic E-state index is -1.86. The van der Waals surface area contributed by atoms with Gasteiger partial charge in [-0.05, 0) is 18.1 Å². The third-order valence-electron chi connectivity index (χ3n) is 3.64. The van der Waals surface area contributed by atoms with Crippen molar-refractivity contribution in [3.63, 3.8) is 0 Å². The Bertz CT molecular complexity index is 617. The molecular formula is C18H21NO4. The Kier molecular flexibility index (Phi) is 5.87. The summed E-state index contributed by atoms with van der Waals surface area (Å²) in [4.78, 5) is 11.7. The number of aliphatic hydroxyl groups is 1. The average Bonchev–Trinajstić information content (AvgIpc) is 2.60. The normalized spacial score (nSPS) is 14.9. The second-order valence-corrected chi connectivity index (χ2v) is 5.30. The van der Waals surface area contributed by atoms with E-state index in [1.54, 1.807) is 6.92 Å². The van der Waals surface area contributed by atoms with E-state index in [0.717, 1.165) is 11.1 Å². The van der Waals surface area contributed by atoms with Crippen molar-refractivity contribution in [2.75, 3.05) is 6.61 Å². The summed E-state index contributed by atoms with van der Waals surface area (Å²) in [6, 6.07) is 18.7. The molecule has 0 radical (unpaired) electrons. The van der Waals surface area contributed by atoms with E-state index in [4.69, 9.17) is 4.74 Å². The molecule has 0 amide bonds. The first kappa shape index (κ1) is 17.1. The lowest BCUT2D eigenvalue weighted by Gasteiger charge is -2.32. The maximum Gasteiger partial charge on any atom is 0.354 e. The molecule has 0 saturated heterocycles. The van der Waals surface area contributed by atoms with E-state index in [1.165, 1.54) is 0 Å². The molecule has 0 spiro atoms. The highest BCUT2D eigenvalue weighted by atomic mass is 16.6. The smallest absolute Gasteiger partial charge is 0.354 e. The molecule has 0 bridgehead atoms. The van der Waals surface area contributed by atoms with Crippen LogP contribution in [0.2, 0.25) is 0 Å². The van der Waals surface area contributed by atoms with Crippen LogP contribution in [-0.4, -0.2) is 28.5 Å². The van der Waals surface area contributed by atoms with Crippen molar-refractivity contribution in [1.82, 2.24) is 5.32 Å². The number of hydrogen-bond donors (Lipinski definition) is 3. The predicted molar refractivity (Wildman–Crippen MR) is 86.7 cm³/mol. The largest absolute Gasteiger partial charge is 0.478 e. The fourth-order valence-electron chi connectivity index (χ4n) is 2.26. The quantitative estimate of drug-likeness (QED) is 0.652. The number of hydrogen-bond acceptors (Lipinski definition) is 4. The molecule has 5 heteroatoms. The number of benzene rings is 2. The zero-order valence-corrected chi connectivity index (χ0v) is 13.0. The van der Waals surface area contributed by atoms with Crippen LogP contribution in [0.5, 0.6) is 0 Å². The summed E-state index contributed by atoms with van der Waals surface area (Å²) < 4.78 is 5.70. The molecule has 5 nitrogen and oxygen atoms in total. The van der Waals surface area contributed by atoms with Crippen molar-refractivity contribution in [3.8, 4) is 0 Å². The standard InChI is InChI=1S/C18H21NO4/c1-14(16-10-6-3-7-11-16)23-18(13-20,17(21)22)19-12-15-8-4-2-5-9-15/h2-11,14,19-20H,12-13H2,1H3,(H,21,22). The van der Waals surface area contributed by atoms with Gasteiger partial charge in [-0.15, -0.1) is 0 Å². The number of aliphatic hydroxyl groups excluding tert-OH is 1. The van der Waals surface area contributed by atoms with Gasteiger partial charge < -0.3 is 14.9 Å². The molecule has 0 aliphatic heterocycles. The summed E-state index contributed by atoms with van der Waals surface area (Å²) in [5.74, 6) is -1.25. The Balaban J connectivity index is 2.13. The molecule has 0 aliphatic carbocycles. The van der Waals surface area contributed by atoms with E-state index in [0.29, 0.717) is 0 Å². The molecule has 23 heavy (non-hydrogen) atoms. The maximum atomic E-state index is 11.7. The molecule has 2 aromatic rings. The third-order valence-corrected chi connectivity index (χ3v) is 3.64. The lowest BCUT2D eigenvalue weighted by atomic mass is 10.1. The monoisotopic (exact) mass is 315 g/mol. The number of aliphatic carboxylic acids is 1. The highest BCUT2D eigenvalue weighted by molar-refractivity contribution is 5.77. The van der Waals surface area contributed by atoms with Gasteiger partial charge in [0.05, 0.1) is 12.7 Å². The average molecular weight is 315 g/mol. The van der Waals surface area contributed by atoms with Gasteiger partial charge in [0, 0.05) is 6.54 Å². The Morgan fingerprint density at radius 3 is 2.22 bits per heavy atom. The zero-order chi connectivity index (χ0) is 16.7. The first-order valence-electron chi connectivity index (χ1n) is 7.43. The Morgan fingerprint density at radius 2 is 1.70 bits per heavy atom. The van der Waals surface area contributed by atoms with Crippen LogP contribution >= 0.6 is 0 Å². The van der Waals surface area contributed by atoms with Crippen molar-refractivity contribution < 1.29 is 19.7 Å². The summed E-state index contributed by atoms with van der Waals surface area (Å²) in [6.07, 6.45) is -0.484. The molecule has 0 aromatic heterocycles. The third kappa shape index (κ3) is 4.39. The molecule has 0 fully saturated rings. The van der Waals surface area contributed by atoms with Gasteiger partial charge in [-0.2, -0.15) is 0 Å². The van der Waals surface area contributed by atoms with Gasteiger partial charge in [-0.1, -0.05) is 60.7 Å². The topological polar surface area (TPSA) is 78.8 Å². The minimum Gasteiger partial charge on any atom is -0.478 e. The molecular weight excluding hydrogens is 294 g/mol. The highest BCUT2D eigenvalue weighted by Crippen LogP contribution is 2.23. The van der Waals surface area contributed by atoms with Gasteiger partial charge in [-0.3, -0.25) is 5.32 Å². The van der Waals surface area contributed by atoms with E-state index in [2.05, 4.69) is 5.32 Å². The molecule has 2 unspecified atom stereocenters. The van der Waals surface area contributed by atoms with Crippen molar-refractivity contribution in [2.45, 2.75) is 25.3 Å². The van der Waals surface area contributed by atoms with Crippen molar-refractivity contribution >= 4 is 5.97 Å². The predicted octanol–water partition coefficient (Wildman–Crippen LogP) is 2.33. The van der Waals surface area contributed by atoms with Crippen LogP contribution in [0.1, 0.15) is 24.2 Å². The van der Waals surface area contributed by atoms with E-state index in [9.17, 15) is 15.0 Å². The second-order valence-electron chi connectivity index (χ2n) is 5.30. The van der Waals surface area contributed by atoms with E-state index < -0.39 is 24.4 Å². The van der Waals surface area contributed by atoms with Crippen LogP contribution < -0.4 is 5.32 Å². The zero-order valence-electron chi connectivity index (χ0n) is 13.0. The van der Waals surface area contributed by atoms with Crippen molar-refractivity contribution in [3.05, 3.63) is 71.8 Å². The van der Waals surface area contributed by atoms with E-state index in [-0.39, 0.29) is 6.54 Å². The molecule has 0 aliphatic rings. The van der Waals surface area contributed by atoms with Gasteiger partial charge in [0.15, 0.2) is 0 Å². The Labute approximate surface area is 135 Å². The fraction of sp³-hybridized carbons (Fsp3) is 0.278. The second kappa shape index (κ2) is 7.87. The van der Waals surface area contributed by atoms with Crippen LogP contribution in [-0.2, 0) is 16.1 Å². The van der Waals surface area contributed by atoms with Gasteiger partial charge >= 0.3 is 5.97 Å². The first-order chi connectivity index (χ1) is 11.1. The summed E-state index contributed by atoms with van der Waals surface area (Å²) in [6.45, 7) is 1.36. The lowest BCUT2D eigenvalue weighted by Crippen LogP contribution is -2.57. The van der Waals surface area contributed by atoms with Gasteiger partial charge in [0.25, 0.3) is 0 Å². The van der Waals surface area contributed by atoms with Crippen LogP contribution in [0.15, 0.2) is 60.7 Å². The van der Waals surface area contributed by atoms with Gasteiger partial charge in [0.2, 0.25) is 5.72 Å². The van der Waals surface area contributed by atoms with Crippen LogP contribution in [0.3, 0.4) is 0 Å². The maximum absolute atomic E-state index is 11.7. The summed E-state index contributed by atoms with van der Waals surface area (Å²) >= 11 is 0. The number of carboxylic acids is 1. The number of carbonyl (C=O) groups is 1. The van der Waals surface area contributed by atoms with Crippen molar-refractivity contribution in [2.24, 2.45) is 0 Å². The molecule has 2 aromatic carbocycles. The fourth-order valence-corrected chi connectivity index (χ4v) is 2.26. The van der Waals surface area contributed by atoms with Crippen molar-refractivity contribution in [1.29, 1.82) is 0 Å². The molecule has 2 atom stereocenters. The molecule has 2 rings (SSSR count). The Morgan fingerprint density at radius 1 is 1.13 bits per heavy atom. The summed E-state index contributed by atoms with van der Waals surface area (Å²) in [7, 11) is 0. The molecule has 122 valence electrons. The van der Waals surface area contributed by atoms with Crippen LogP contribution in [0, 0.1) is 0 Å². The molecule has 3 N–H and O–H groups in total. The summed E-state index contributed by atoms with van der Waals surface area (Å²) in [5.41, 5.74) is -0.110. The highest BCUT2D eigenvalue weighted by Gasteiger charge is 2.40. The van der Waals surface area contributed by atoms with E-state index >= 15 is 0 Å². The Hall–Kier alpha value is -2.21. The number of rotatable bonds is 8. The molecule has 0 saturated carbocycles. The van der Waals surface area contributed by atoms with Crippen LogP contribution in [0.25, 0.3) is 0 Å².